The molecule has 2 aromatic carbocycles. The monoisotopic (exact) mass is 357 g/mol. The lowest BCUT2D eigenvalue weighted by atomic mass is 9.89. The molecule has 5 heteroatoms. The molecule has 3 heterocycles. The normalized spacial score (nSPS) is 24.4. The summed E-state index contributed by atoms with van der Waals surface area (Å²) in [5, 5.41) is 1.15. The molecule has 3 amide bonds. The lowest BCUT2D eigenvalue weighted by molar-refractivity contribution is -0.129. The van der Waals surface area contributed by atoms with Gasteiger partial charge in [0.15, 0.2) is 0 Å². The van der Waals surface area contributed by atoms with E-state index < -0.39 is 6.04 Å². The fraction of sp³-hybridized carbons (Fsp3) is 0.273. The van der Waals surface area contributed by atoms with Crippen molar-refractivity contribution in [2.45, 2.75) is 37.4 Å². The van der Waals surface area contributed by atoms with Gasteiger partial charge in [-0.15, -0.1) is 0 Å². The summed E-state index contributed by atoms with van der Waals surface area (Å²) in [4.78, 5) is 33.3. The van der Waals surface area contributed by atoms with Gasteiger partial charge >= 0.3 is 6.03 Å². The first-order valence-electron chi connectivity index (χ1n) is 9.54. The molecule has 27 heavy (non-hydrogen) atoms. The molecule has 3 aliphatic rings. The minimum atomic E-state index is -0.407. The maximum absolute atomic E-state index is 13.3. The van der Waals surface area contributed by atoms with Crippen LogP contribution in [0.25, 0.3) is 10.9 Å². The van der Waals surface area contributed by atoms with Crippen LogP contribution in [0.2, 0.25) is 0 Å². The zero-order chi connectivity index (χ0) is 18.1. The number of benzene rings is 2. The maximum atomic E-state index is 13.3. The minimum Gasteiger partial charge on any atom is -0.356 e. The molecule has 6 rings (SSSR count). The van der Waals surface area contributed by atoms with Crippen molar-refractivity contribution in [3.8, 4) is 0 Å². The summed E-state index contributed by atoms with van der Waals surface area (Å²) >= 11 is 0. The van der Waals surface area contributed by atoms with E-state index in [0.717, 1.165) is 35.0 Å². The predicted molar refractivity (Wildman–Crippen MR) is 101 cm³/mol. The summed E-state index contributed by atoms with van der Waals surface area (Å²) in [6, 6.07) is 17.5. The molecular weight excluding hydrogens is 338 g/mol. The number of amides is 3. The molecule has 1 saturated carbocycles. The summed E-state index contributed by atoms with van der Waals surface area (Å²) < 4.78 is 0. The van der Waals surface area contributed by atoms with Crippen molar-refractivity contribution in [2.24, 2.45) is 0 Å². The third-order valence-electron chi connectivity index (χ3n) is 6.11. The number of hydrogen-bond acceptors (Lipinski definition) is 2. The van der Waals surface area contributed by atoms with Gasteiger partial charge in [-0.05, 0) is 30.0 Å². The number of fused-ring (bicyclic) bond motifs is 4. The zero-order valence-corrected chi connectivity index (χ0v) is 14.8. The van der Waals surface area contributed by atoms with Gasteiger partial charge in [0.25, 0.3) is 5.91 Å². The average molecular weight is 357 g/mol. The highest BCUT2D eigenvalue weighted by atomic mass is 16.2. The maximum Gasteiger partial charge on any atom is 0.328 e. The van der Waals surface area contributed by atoms with Crippen molar-refractivity contribution in [3.63, 3.8) is 0 Å². The number of H-pyrrole nitrogens is 1. The molecule has 1 aliphatic carbocycles. The van der Waals surface area contributed by atoms with E-state index in [-0.39, 0.29) is 24.0 Å². The van der Waals surface area contributed by atoms with Crippen LogP contribution < -0.4 is 0 Å². The number of aromatic nitrogens is 1. The number of carbonyl (C=O) groups is 2. The molecule has 1 aromatic heterocycles. The lowest BCUT2D eigenvalue weighted by Gasteiger charge is -2.36. The Labute approximate surface area is 156 Å². The molecule has 134 valence electrons. The van der Waals surface area contributed by atoms with Gasteiger partial charge in [0.05, 0.1) is 0 Å². The van der Waals surface area contributed by atoms with E-state index in [1.165, 1.54) is 10.5 Å². The highest BCUT2D eigenvalue weighted by Crippen LogP contribution is 2.45. The Morgan fingerprint density at radius 3 is 2.44 bits per heavy atom. The number of nitrogens with zero attached hydrogens (tertiary/aromatic N) is 2. The molecule has 3 aromatic rings. The minimum absolute atomic E-state index is 0.0284. The van der Waals surface area contributed by atoms with E-state index in [1.807, 2.05) is 47.4 Å². The molecule has 2 atom stereocenters. The highest BCUT2D eigenvalue weighted by Gasteiger charge is 2.55. The first-order valence-corrected chi connectivity index (χ1v) is 9.54. The molecule has 0 radical (unpaired) electrons. The molecule has 0 bridgehead atoms. The van der Waals surface area contributed by atoms with Gasteiger partial charge in [-0.25, -0.2) is 4.79 Å². The van der Waals surface area contributed by atoms with E-state index in [9.17, 15) is 9.59 Å². The SMILES string of the molecule is O=C1[C@@H]2Cc3c([nH]c4ccccc34)[C@H](c3ccccc3)N2C(=O)N1C1CC1. The van der Waals surface area contributed by atoms with E-state index in [4.69, 9.17) is 0 Å². The van der Waals surface area contributed by atoms with E-state index >= 15 is 0 Å². The van der Waals surface area contributed by atoms with Crippen LogP contribution in [-0.2, 0) is 11.2 Å². The Balaban J connectivity index is 1.58. The van der Waals surface area contributed by atoms with Crippen molar-refractivity contribution < 1.29 is 9.59 Å². The van der Waals surface area contributed by atoms with Crippen LogP contribution in [-0.4, -0.2) is 38.8 Å². The van der Waals surface area contributed by atoms with Gasteiger partial charge in [-0.1, -0.05) is 48.5 Å². The molecule has 0 spiro atoms. The molecule has 5 nitrogen and oxygen atoms in total. The summed E-state index contributed by atoms with van der Waals surface area (Å²) in [5.74, 6) is -0.0284. The third kappa shape index (κ3) is 1.99. The Morgan fingerprint density at radius 2 is 1.67 bits per heavy atom. The first-order chi connectivity index (χ1) is 13.2. The summed E-state index contributed by atoms with van der Waals surface area (Å²) in [6.45, 7) is 0. The number of nitrogens with one attached hydrogen (secondary N) is 1. The van der Waals surface area contributed by atoms with E-state index in [0.29, 0.717) is 6.42 Å². The van der Waals surface area contributed by atoms with Crippen molar-refractivity contribution >= 4 is 22.8 Å². The molecule has 0 unspecified atom stereocenters. The summed E-state index contributed by atoms with van der Waals surface area (Å²) in [7, 11) is 0. The number of carbonyl (C=O) groups excluding carboxylic acids is 2. The van der Waals surface area contributed by atoms with Crippen LogP contribution in [0, 0.1) is 0 Å². The predicted octanol–water partition coefficient (Wildman–Crippen LogP) is 3.61. The second kappa shape index (κ2) is 5.22. The number of imide groups is 1. The van der Waals surface area contributed by atoms with Crippen LogP contribution in [0.5, 0.6) is 0 Å². The van der Waals surface area contributed by atoms with Crippen molar-refractivity contribution in [1.29, 1.82) is 0 Å². The Kier molecular flexibility index (Phi) is 2.91. The lowest BCUT2D eigenvalue weighted by Crippen LogP contribution is -2.44. The Hall–Kier alpha value is -3.08. The van der Waals surface area contributed by atoms with E-state index in [1.54, 1.807) is 0 Å². The van der Waals surface area contributed by atoms with Crippen LogP contribution in [0.15, 0.2) is 54.6 Å². The Bertz CT molecular complexity index is 1080. The topological polar surface area (TPSA) is 56.4 Å². The van der Waals surface area contributed by atoms with Gasteiger partial charge in [0, 0.05) is 29.1 Å². The van der Waals surface area contributed by atoms with Crippen LogP contribution in [0.1, 0.15) is 35.7 Å². The number of urea groups is 1. The molecule has 2 fully saturated rings. The summed E-state index contributed by atoms with van der Waals surface area (Å²) in [5.41, 5.74) is 4.30. The molecule has 2 aliphatic heterocycles. The zero-order valence-electron chi connectivity index (χ0n) is 14.8. The van der Waals surface area contributed by atoms with Crippen LogP contribution in [0.4, 0.5) is 4.79 Å². The second-order valence-corrected chi connectivity index (χ2v) is 7.73. The van der Waals surface area contributed by atoms with Gasteiger partial charge in [0.2, 0.25) is 0 Å². The van der Waals surface area contributed by atoms with Crippen LogP contribution >= 0.6 is 0 Å². The van der Waals surface area contributed by atoms with Gasteiger partial charge < -0.3 is 4.98 Å². The van der Waals surface area contributed by atoms with Gasteiger partial charge in [-0.3, -0.25) is 14.6 Å². The Morgan fingerprint density at radius 1 is 0.926 bits per heavy atom. The van der Waals surface area contributed by atoms with Gasteiger partial charge in [0.1, 0.15) is 12.1 Å². The fourth-order valence-electron chi connectivity index (χ4n) is 4.75. The third-order valence-corrected chi connectivity index (χ3v) is 6.11. The fourth-order valence-corrected chi connectivity index (χ4v) is 4.75. The van der Waals surface area contributed by atoms with Crippen molar-refractivity contribution in [2.75, 3.05) is 0 Å². The van der Waals surface area contributed by atoms with Crippen LogP contribution in [0.3, 0.4) is 0 Å². The number of rotatable bonds is 2. The standard InChI is InChI=1S/C22H19N3O2/c26-21-18-12-16-15-8-4-5-9-17(15)23-19(16)20(13-6-2-1-3-7-13)25(18)22(27)24(21)14-10-11-14/h1-9,14,18,20,23H,10-12H2/t18-,20-/m0/s1. The first kappa shape index (κ1) is 15.0. The van der Waals surface area contributed by atoms with E-state index in [2.05, 4.69) is 17.1 Å². The molecule has 1 saturated heterocycles. The quantitative estimate of drug-likeness (QED) is 0.713. The van der Waals surface area contributed by atoms with Crippen molar-refractivity contribution in [1.82, 2.24) is 14.8 Å². The number of aromatic amines is 1. The van der Waals surface area contributed by atoms with Gasteiger partial charge in [-0.2, -0.15) is 0 Å². The average Bonchev–Trinajstić information content (AvgIpc) is 3.41. The molecule has 1 N–H and O–H groups in total. The van der Waals surface area contributed by atoms with Crippen molar-refractivity contribution in [3.05, 3.63) is 71.4 Å². The highest BCUT2D eigenvalue weighted by molar-refractivity contribution is 6.06. The molecular formula is C22H19N3O2. The second-order valence-electron chi connectivity index (χ2n) is 7.73. The summed E-state index contributed by atoms with van der Waals surface area (Å²) in [6.07, 6.45) is 2.45. The number of para-hydroxylation sites is 1. The smallest absolute Gasteiger partial charge is 0.328 e. The number of hydrogen-bond donors (Lipinski definition) is 1. The largest absolute Gasteiger partial charge is 0.356 e.